The van der Waals surface area contributed by atoms with Gasteiger partial charge in [-0.2, -0.15) is 9.29 Å². The Morgan fingerprint density at radius 3 is 2.60 bits per heavy atom. The van der Waals surface area contributed by atoms with E-state index in [1.807, 2.05) is 6.07 Å². The molecule has 1 unspecified atom stereocenters. The summed E-state index contributed by atoms with van der Waals surface area (Å²) < 4.78 is 39.4. The summed E-state index contributed by atoms with van der Waals surface area (Å²) in [6.45, 7) is 2.40. The molecule has 1 aromatic carbocycles. The number of sulfonamides is 1. The quantitative estimate of drug-likeness (QED) is 0.696. The van der Waals surface area contributed by atoms with Gasteiger partial charge in [-0.25, -0.2) is 8.42 Å². The van der Waals surface area contributed by atoms with Gasteiger partial charge in [0.05, 0.1) is 4.90 Å². The Balaban J connectivity index is 1.44. The van der Waals surface area contributed by atoms with Crippen LogP contribution in [0.2, 0.25) is 0 Å². The summed E-state index contributed by atoms with van der Waals surface area (Å²) in [6.07, 6.45) is 6.84. The van der Waals surface area contributed by atoms with Crippen molar-refractivity contribution in [2.24, 2.45) is 5.92 Å². The van der Waals surface area contributed by atoms with Gasteiger partial charge in [0.25, 0.3) is 0 Å². The minimum absolute atomic E-state index is 0.241. The molecule has 162 valence electrons. The highest BCUT2D eigenvalue weighted by molar-refractivity contribution is 7.89. The van der Waals surface area contributed by atoms with Crippen LogP contribution in [0.3, 0.4) is 0 Å². The molecule has 3 heterocycles. The van der Waals surface area contributed by atoms with Crippen LogP contribution in [0.4, 0.5) is 0 Å². The van der Waals surface area contributed by atoms with E-state index in [0.717, 1.165) is 45.3 Å². The molecule has 1 aliphatic carbocycles. The van der Waals surface area contributed by atoms with Crippen LogP contribution in [-0.2, 0) is 20.2 Å². The van der Waals surface area contributed by atoms with Gasteiger partial charge >= 0.3 is 0 Å². The number of hydrogen-bond acceptors (Lipinski definition) is 6. The highest BCUT2D eigenvalue weighted by Crippen LogP contribution is 2.46. The lowest BCUT2D eigenvalue weighted by Gasteiger charge is -2.40. The van der Waals surface area contributed by atoms with Crippen LogP contribution in [-0.4, -0.2) is 49.2 Å². The van der Waals surface area contributed by atoms with Crippen molar-refractivity contribution in [2.45, 2.75) is 61.2 Å². The molecule has 2 aliphatic heterocycles. The van der Waals surface area contributed by atoms with Gasteiger partial charge in [-0.15, -0.1) is 0 Å². The van der Waals surface area contributed by atoms with Crippen LogP contribution in [0.5, 0.6) is 0 Å². The third kappa shape index (κ3) is 3.92. The maximum Gasteiger partial charge on any atom is 0.243 e. The average Bonchev–Trinajstić information content (AvgIpc) is 3.45. The van der Waals surface area contributed by atoms with E-state index in [-0.39, 0.29) is 11.3 Å². The molecule has 0 N–H and O–H groups in total. The predicted molar refractivity (Wildman–Crippen MR) is 111 cm³/mol. The standard InChI is InChI=1S/C22H29N3O4S/c26-30(27,19-5-2-1-3-6-19)25-12-4-11-22(16-25,15-17-7-8-17)21-23-20(29-24-21)18-9-13-28-14-10-18/h1-3,5-6,17-18H,4,7-16H2. The molecule has 0 spiro atoms. The van der Waals surface area contributed by atoms with Crippen LogP contribution < -0.4 is 0 Å². The first-order chi connectivity index (χ1) is 14.6. The van der Waals surface area contributed by atoms with E-state index >= 15 is 0 Å². The van der Waals surface area contributed by atoms with Gasteiger partial charge in [0.15, 0.2) is 5.82 Å². The van der Waals surface area contributed by atoms with Crippen LogP contribution in [0.15, 0.2) is 39.8 Å². The first-order valence-corrected chi connectivity index (χ1v) is 12.5. The van der Waals surface area contributed by atoms with Crippen molar-refractivity contribution in [3.63, 3.8) is 0 Å². The lowest BCUT2D eigenvalue weighted by molar-refractivity contribution is 0.0778. The molecule has 7 nitrogen and oxygen atoms in total. The van der Waals surface area contributed by atoms with Crippen LogP contribution in [0.25, 0.3) is 0 Å². The molecule has 3 fully saturated rings. The van der Waals surface area contributed by atoms with Gasteiger partial charge in [0.1, 0.15) is 0 Å². The maximum atomic E-state index is 13.3. The normalized spacial score (nSPS) is 26.7. The first kappa shape index (κ1) is 20.2. The second-order valence-corrected chi connectivity index (χ2v) is 11.0. The molecule has 1 atom stereocenters. The Morgan fingerprint density at radius 1 is 1.10 bits per heavy atom. The number of piperidine rings is 1. The zero-order valence-corrected chi connectivity index (χ0v) is 18.0. The minimum Gasteiger partial charge on any atom is -0.381 e. The molecule has 1 aromatic heterocycles. The monoisotopic (exact) mass is 431 g/mol. The van der Waals surface area contributed by atoms with Crippen LogP contribution >= 0.6 is 0 Å². The highest BCUT2D eigenvalue weighted by atomic mass is 32.2. The Hall–Kier alpha value is -1.77. The summed E-state index contributed by atoms with van der Waals surface area (Å²) in [5, 5.41) is 4.41. The smallest absolute Gasteiger partial charge is 0.243 e. The molecule has 8 heteroatoms. The number of aromatic nitrogens is 2. The van der Waals surface area contributed by atoms with Crippen LogP contribution in [0.1, 0.15) is 62.6 Å². The summed E-state index contributed by atoms with van der Waals surface area (Å²) in [7, 11) is -3.54. The zero-order valence-electron chi connectivity index (χ0n) is 17.2. The topological polar surface area (TPSA) is 85.5 Å². The molecule has 2 aromatic rings. The van der Waals surface area contributed by atoms with E-state index in [0.29, 0.717) is 35.6 Å². The summed E-state index contributed by atoms with van der Waals surface area (Å²) in [6, 6.07) is 8.72. The highest BCUT2D eigenvalue weighted by Gasteiger charge is 2.47. The van der Waals surface area contributed by atoms with Crippen molar-refractivity contribution in [3.8, 4) is 0 Å². The Labute approximate surface area is 177 Å². The van der Waals surface area contributed by atoms with Crippen molar-refractivity contribution in [2.75, 3.05) is 26.3 Å². The largest absolute Gasteiger partial charge is 0.381 e. The lowest BCUT2D eigenvalue weighted by atomic mass is 9.75. The van der Waals surface area contributed by atoms with E-state index < -0.39 is 10.0 Å². The fourth-order valence-electron chi connectivity index (χ4n) is 4.91. The number of rotatable bonds is 6. The SMILES string of the molecule is O=S(=O)(c1ccccc1)N1CCCC(CC2CC2)(c2noc(C3CCOCC3)n2)C1. The second-order valence-electron chi connectivity index (χ2n) is 9.03. The fraction of sp³-hybridized carbons (Fsp3) is 0.636. The Kier molecular flexibility index (Phi) is 5.41. The molecule has 3 aliphatic rings. The first-order valence-electron chi connectivity index (χ1n) is 11.0. The third-order valence-electron chi connectivity index (χ3n) is 6.79. The lowest BCUT2D eigenvalue weighted by Crippen LogP contribution is -2.49. The van der Waals surface area contributed by atoms with E-state index in [1.54, 1.807) is 28.6 Å². The molecule has 5 rings (SSSR count). The van der Waals surface area contributed by atoms with Gasteiger partial charge in [0.2, 0.25) is 15.9 Å². The third-order valence-corrected chi connectivity index (χ3v) is 8.65. The molecule has 30 heavy (non-hydrogen) atoms. The van der Waals surface area contributed by atoms with Crippen LogP contribution in [0, 0.1) is 5.92 Å². The van der Waals surface area contributed by atoms with E-state index in [4.69, 9.17) is 14.2 Å². The summed E-state index contributed by atoms with van der Waals surface area (Å²) in [5.41, 5.74) is -0.367. The van der Waals surface area contributed by atoms with Gasteiger partial charge < -0.3 is 9.26 Å². The average molecular weight is 432 g/mol. The summed E-state index contributed by atoms with van der Waals surface area (Å²) in [4.78, 5) is 5.20. The minimum atomic E-state index is -3.54. The number of hydrogen-bond donors (Lipinski definition) is 0. The van der Waals surface area contributed by atoms with Crippen molar-refractivity contribution in [1.29, 1.82) is 0 Å². The fourth-order valence-corrected chi connectivity index (χ4v) is 6.50. The summed E-state index contributed by atoms with van der Waals surface area (Å²) in [5.74, 6) is 2.26. The Bertz CT molecular complexity index is 967. The van der Waals surface area contributed by atoms with Gasteiger partial charge in [-0.05, 0) is 50.2 Å². The van der Waals surface area contributed by atoms with E-state index in [2.05, 4.69) is 5.16 Å². The molecule has 0 amide bonds. The zero-order chi connectivity index (χ0) is 20.6. The second kappa shape index (κ2) is 8.05. The molecule has 0 bridgehead atoms. The van der Waals surface area contributed by atoms with E-state index in [1.165, 1.54) is 12.8 Å². The summed E-state index contributed by atoms with van der Waals surface area (Å²) >= 11 is 0. The number of benzene rings is 1. The molecule has 2 saturated heterocycles. The van der Waals surface area contributed by atoms with Crippen molar-refractivity contribution in [1.82, 2.24) is 14.4 Å². The molecular weight excluding hydrogens is 402 g/mol. The van der Waals surface area contributed by atoms with Crippen molar-refractivity contribution >= 4 is 10.0 Å². The Morgan fingerprint density at radius 2 is 1.87 bits per heavy atom. The maximum absolute atomic E-state index is 13.3. The van der Waals surface area contributed by atoms with Crippen molar-refractivity contribution in [3.05, 3.63) is 42.0 Å². The number of nitrogens with zero attached hydrogens (tertiary/aromatic N) is 3. The predicted octanol–water partition coefficient (Wildman–Crippen LogP) is 3.49. The van der Waals surface area contributed by atoms with Gasteiger partial charge in [-0.3, -0.25) is 0 Å². The van der Waals surface area contributed by atoms with Crippen molar-refractivity contribution < 1.29 is 17.7 Å². The van der Waals surface area contributed by atoms with Gasteiger partial charge in [0, 0.05) is 37.6 Å². The van der Waals surface area contributed by atoms with E-state index in [9.17, 15) is 8.42 Å². The number of ether oxygens (including phenoxy) is 1. The molecular formula is C22H29N3O4S. The molecule has 0 radical (unpaired) electrons. The van der Waals surface area contributed by atoms with Gasteiger partial charge in [-0.1, -0.05) is 36.2 Å². The molecule has 1 saturated carbocycles.